The predicted octanol–water partition coefficient (Wildman–Crippen LogP) is 3.55. The number of hydrogen-bond donors (Lipinski definition) is 1. The Bertz CT molecular complexity index is 1450. The first-order chi connectivity index (χ1) is 19.4. The van der Waals surface area contributed by atoms with Crippen LogP contribution in [0.25, 0.3) is 10.8 Å². The van der Waals surface area contributed by atoms with Gasteiger partial charge in [-0.05, 0) is 47.9 Å². The summed E-state index contributed by atoms with van der Waals surface area (Å²) in [7, 11) is -4.03. The molecule has 212 valence electrons. The fourth-order valence-corrected chi connectivity index (χ4v) is 8.12. The van der Waals surface area contributed by atoms with E-state index in [9.17, 15) is 18.0 Å². The molecule has 2 saturated heterocycles. The Morgan fingerprint density at radius 3 is 2.50 bits per heavy atom. The average molecular weight is 647 g/mol. The first-order valence-corrected chi connectivity index (χ1v) is 16.6. The number of halogens is 1. The maximum absolute atomic E-state index is 13.7. The zero-order valence-electron chi connectivity index (χ0n) is 22.0. The molecule has 0 aliphatic carbocycles. The molecule has 0 saturated carbocycles. The highest BCUT2D eigenvalue weighted by Crippen LogP contribution is 2.28. The highest BCUT2D eigenvalue weighted by Gasteiger charge is 2.35. The molecule has 40 heavy (non-hydrogen) atoms. The van der Waals surface area contributed by atoms with Crippen LogP contribution < -0.4 is 10.2 Å². The van der Waals surface area contributed by atoms with Crippen molar-refractivity contribution in [1.82, 2.24) is 18.5 Å². The summed E-state index contributed by atoms with van der Waals surface area (Å²) in [6.45, 7) is 2.99. The third-order valence-corrected chi connectivity index (χ3v) is 11.4. The van der Waals surface area contributed by atoms with E-state index >= 15 is 0 Å². The van der Waals surface area contributed by atoms with Crippen molar-refractivity contribution in [2.45, 2.75) is 29.8 Å². The molecule has 2 aliphatic heterocycles. The van der Waals surface area contributed by atoms with Crippen LogP contribution in [0.4, 0.5) is 5.69 Å². The number of aromatic nitrogens is 1. The molecule has 1 aromatic heterocycles. The Morgan fingerprint density at radius 2 is 1.80 bits per heavy atom. The highest BCUT2D eigenvalue weighted by atomic mass is 79.9. The molecule has 2 aromatic carbocycles. The summed E-state index contributed by atoms with van der Waals surface area (Å²) in [6, 6.07) is 13.5. The summed E-state index contributed by atoms with van der Waals surface area (Å²) < 4.78 is 28.4. The van der Waals surface area contributed by atoms with Crippen molar-refractivity contribution in [3.8, 4) is 0 Å². The maximum Gasteiger partial charge on any atom is 0.252 e. The fraction of sp³-hybridized carbons (Fsp3) is 0.393. The third-order valence-electron chi connectivity index (χ3n) is 7.53. The van der Waals surface area contributed by atoms with E-state index in [1.807, 2.05) is 30.0 Å². The largest absolute Gasteiger partial charge is 0.371 e. The molecule has 9 nitrogen and oxygen atoms in total. The highest BCUT2D eigenvalue weighted by molar-refractivity contribution is 9.08. The van der Waals surface area contributed by atoms with Gasteiger partial charge in [0.15, 0.2) is 6.29 Å². The standard InChI is InChI=1S/C28H32BrN5O4S2/c29-34(40(37,38)25-17-21-3-1-2-4-26(21)22(18-25)20-35)19-27(33-13-15-39-16-14-33)28(36)31-23-7-11-32(12-8-23)24-5-9-30-10-6-24/h1-6,9-10,17-18,20,23,27H,7-8,11-16,19H2,(H,31,36). The van der Waals surface area contributed by atoms with Crippen molar-refractivity contribution in [3.05, 3.63) is 66.5 Å². The van der Waals surface area contributed by atoms with Crippen LogP contribution in [-0.2, 0) is 14.8 Å². The van der Waals surface area contributed by atoms with Gasteiger partial charge in [-0.2, -0.15) is 11.8 Å². The van der Waals surface area contributed by atoms with Crippen molar-refractivity contribution < 1.29 is 18.0 Å². The van der Waals surface area contributed by atoms with E-state index in [0.717, 1.165) is 46.5 Å². The van der Waals surface area contributed by atoms with Crippen LogP contribution >= 0.6 is 27.9 Å². The minimum Gasteiger partial charge on any atom is -0.371 e. The number of rotatable bonds is 9. The number of thioether (sulfide) groups is 1. The third kappa shape index (κ3) is 6.52. The monoisotopic (exact) mass is 645 g/mol. The second kappa shape index (κ2) is 13.0. The van der Waals surface area contributed by atoms with Crippen molar-refractivity contribution in [1.29, 1.82) is 0 Å². The lowest BCUT2D eigenvalue weighted by Crippen LogP contribution is -2.57. The Kier molecular flexibility index (Phi) is 9.41. The number of sulfonamides is 1. The van der Waals surface area contributed by atoms with Crippen LogP contribution in [0.5, 0.6) is 0 Å². The number of amides is 1. The number of aldehydes is 1. The molecular weight excluding hydrogens is 614 g/mol. The molecular formula is C28H32BrN5O4S2. The van der Waals surface area contributed by atoms with Crippen molar-refractivity contribution in [2.75, 3.05) is 49.1 Å². The topological polar surface area (TPSA) is 103 Å². The summed E-state index contributed by atoms with van der Waals surface area (Å²) in [6.07, 6.45) is 5.84. The van der Waals surface area contributed by atoms with E-state index < -0.39 is 16.1 Å². The number of carbonyl (C=O) groups excluding carboxylic acids is 2. The first kappa shape index (κ1) is 29.0. The summed E-state index contributed by atoms with van der Waals surface area (Å²) in [5.74, 6) is 1.61. The summed E-state index contributed by atoms with van der Waals surface area (Å²) in [5, 5.41) is 4.56. The summed E-state index contributed by atoms with van der Waals surface area (Å²) in [5.41, 5.74) is 1.42. The quantitative estimate of drug-likeness (QED) is 0.278. The lowest BCUT2D eigenvalue weighted by atomic mass is 10.0. The minimum absolute atomic E-state index is 0.00187. The van der Waals surface area contributed by atoms with Gasteiger partial charge in [-0.25, -0.2) is 8.42 Å². The van der Waals surface area contributed by atoms with Gasteiger partial charge in [0.2, 0.25) is 5.91 Å². The summed E-state index contributed by atoms with van der Waals surface area (Å²) >= 11 is 5.10. The molecule has 5 rings (SSSR count). The Hall–Kier alpha value is -2.51. The zero-order chi connectivity index (χ0) is 28.1. The molecule has 12 heteroatoms. The number of nitrogens with one attached hydrogen (secondary N) is 1. The van der Waals surface area contributed by atoms with Crippen LogP contribution in [-0.4, -0.2) is 90.1 Å². The number of benzene rings is 2. The molecule has 3 heterocycles. The molecule has 1 atom stereocenters. The fourth-order valence-electron chi connectivity index (χ4n) is 5.29. The molecule has 1 N–H and O–H groups in total. The van der Waals surface area contributed by atoms with E-state index in [1.165, 1.54) is 6.07 Å². The molecule has 0 radical (unpaired) electrons. The van der Waals surface area contributed by atoms with Gasteiger partial charge >= 0.3 is 0 Å². The average Bonchev–Trinajstić information content (AvgIpc) is 3.00. The van der Waals surface area contributed by atoms with E-state index in [1.54, 1.807) is 36.7 Å². The smallest absolute Gasteiger partial charge is 0.252 e. The van der Waals surface area contributed by atoms with Gasteiger partial charge in [-0.15, -0.1) is 3.33 Å². The second-order valence-corrected chi connectivity index (χ2v) is 14.4. The van der Waals surface area contributed by atoms with Crippen molar-refractivity contribution >= 4 is 66.6 Å². The first-order valence-electron chi connectivity index (χ1n) is 13.3. The van der Waals surface area contributed by atoms with Gasteiger partial charge in [-0.3, -0.25) is 19.5 Å². The zero-order valence-corrected chi connectivity index (χ0v) is 25.2. The van der Waals surface area contributed by atoms with Crippen LogP contribution in [0.15, 0.2) is 65.8 Å². The minimum atomic E-state index is -4.03. The van der Waals surface area contributed by atoms with Crippen molar-refractivity contribution in [2.24, 2.45) is 0 Å². The molecule has 2 aliphatic rings. The number of pyridine rings is 1. The Morgan fingerprint density at radius 1 is 1.10 bits per heavy atom. The van der Waals surface area contributed by atoms with Crippen molar-refractivity contribution in [3.63, 3.8) is 0 Å². The summed E-state index contributed by atoms with van der Waals surface area (Å²) in [4.78, 5) is 33.9. The molecule has 0 spiro atoms. The van der Waals surface area contributed by atoms with Gasteiger partial charge in [0.1, 0.15) is 6.04 Å². The molecule has 1 unspecified atom stereocenters. The van der Waals surface area contributed by atoms with E-state index in [2.05, 4.69) is 36.2 Å². The van der Waals surface area contributed by atoms with Gasteiger partial charge in [0.05, 0.1) is 11.4 Å². The number of hydrogen-bond acceptors (Lipinski definition) is 8. The molecule has 1 amide bonds. The SMILES string of the molecule is O=Cc1cc(S(=O)(=O)N(Br)CC(C(=O)NC2CCN(c3ccncc3)CC2)N2CCSCC2)cc2ccccc12. The number of piperidine rings is 1. The molecule has 3 aromatic rings. The number of anilines is 1. The van der Waals surface area contributed by atoms with Crippen LogP contribution in [0.1, 0.15) is 23.2 Å². The van der Waals surface area contributed by atoms with E-state index in [0.29, 0.717) is 35.7 Å². The van der Waals surface area contributed by atoms with Gasteiger partial charge in [-0.1, -0.05) is 24.3 Å². The van der Waals surface area contributed by atoms with Crippen LogP contribution in [0.3, 0.4) is 0 Å². The van der Waals surface area contributed by atoms with E-state index in [4.69, 9.17) is 0 Å². The molecule has 0 bridgehead atoms. The van der Waals surface area contributed by atoms with Gasteiger partial charge < -0.3 is 10.2 Å². The molecule has 2 fully saturated rings. The number of fused-ring (bicyclic) bond motifs is 1. The number of nitrogens with zero attached hydrogens (tertiary/aromatic N) is 4. The van der Waals surface area contributed by atoms with Crippen LogP contribution in [0, 0.1) is 0 Å². The lowest BCUT2D eigenvalue weighted by molar-refractivity contribution is -0.127. The van der Waals surface area contributed by atoms with Gasteiger partial charge in [0, 0.05) is 83.5 Å². The van der Waals surface area contributed by atoms with E-state index in [-0.39, 0.29) is 23.4 Å². The van der Waals surface area contributed by atoms with Crippen LogP contribution in [0.2, 0.25) is 0 Å². The Balaban J connectivity index is 1.31. The Labute approximate surface area is 247 Å². The maximum atomic E-state index is 13.7. The predicted molar refractivity (Wildman–Crippen MR) is 162 cm³/mol. The lowest BCUT2D eigenvalue weighted by Gasteiger charge is -2.37. The normalized spacial score (nSPS) is 18.1. The van der Waals surface area contributed by atoms with Gasteiger partial charge in [0.25, 0.3) is 10.0 Å². The second-order valence-electron chi connectivity index (χ2n) is 9.97. The number of carbonyl (C=O) groups is 2.